The van der Waals surface area contributed by atoms with Gasteiger partial charge in [0.15, 0.2) is 37.7 Å². The van der Waals surface area contributed by atoms with Crippen molar-refractivity contribution in [3.05, 3.63) is 11.6 Å². The standard InChI is InChI=1S/C64H108O31/c1-25(2)10-9-14-64(8,95-57-51(83)45(77)43(75)33(91-57)24-87-55-50(82)44(76)42(74)32(90-55)23-86-54-48(80)38(70)28(68)21-84-54)26-11-16-63(7)37(26)27(67)18-35-61(5)15-13-36(60(3,4)34(61)12-17-62(35,63)6)92-58-52(46(78)40(72)30(19-65)88-58)94-59-53(47(79)41(73)31(20-66)89-59)93-56-49(81)39(71)29(69)22-85-56/h10,26-59,65-83H,9,11-24H2,1-8H3/t26-,27+,28+,29+,30+,31+,32+,33+,34?,35+,36-,37-,38-,39-,40+,41+,42+,43+,44-,45-,46-,47-,48+,49+,50+,51+,52+,53+,54-,55+,56-,57-,58-,59-,61-,62+,63+,64-/m0/s1. The van der Waals surface area contributed by atoms with Crippen molar-refractivity contribution in [2.45, 2.75) is 303 Å². The summed E-state index contributed by atoms with van der Waals surface area (Å²) in [6, 6.07) is 0. The van der Waals surface area contributed by atoms with Gasteiger partial charge in [-0.1, -0.05) is 46.3 Å². The van der Waals surface area contributed by atoms with Gasteiger partial charge in [0.05, 0.1) is 57.5 Å². The van der Waals surface area contributed by atoms with Crippen LogP contribution in [0.15, 0.2) is 11.6 Å². The van der Waals surface area contributed by atoms with Crippen LogP contribution in [0.5, 0.6) is 0 Å². The Balaban J connectivity index is 0.842. The van der Waals surface area contributed by atoms with Crippen molar-refractivity contribution in [3.63, 3.8) is 0 Å². The molecule has 0 aromatic carbocycles. The molecule has 0 amide bonds. The molecule has 0 spiro atoms. The Morgan fingerprint density at radius 1 is 0.463 bits per heavy atom. The maximum Gasteiger partial charge on any atom is 0.187 e. The van der Waals surface area contributed by atoms with Gasteiger partial charge in [-0.2, -0.15) is 0 Å². The first-order valence-corrected chi connectivity index (χ1v) is 33.7. The number of aliphatic hydroxyl groups excluding tert-OH is 19. The largest absolute Gasteiger partial charge is 0.394 e. The predicted octanol–water partition coefficient (Wildman–Crippen LogP) is -5.28. The molecule has 1 unspecified atom stereocenters. The van der Waals surface area contributed by atoms with Gasteiger partial charge in [-0.3, -0.25) is 0 Å². The van der Waals surface area contributed by atoms with Gasteiger partial charge >= 0.3 is 0 Å². The number of aliphatic hydroxyl groups is 19. The minimum atomic E-state index is -1.90. The molecule has 10 aliphatic rings. The molecule has 38 atom stereocenters. The molecule has 19 N–H and O–H groups in total. The molecule has 0 aromatic rings. The molecule has 4 saturated carbocycles. The van der Waals surface area contributed by atoms with E-state index in [0.717, 1.165) is 18.4 Å². The highest BCUT2D eigenvalue weighted by Gasteiger charge is 2.72. The van der Waals surface area contributed by atoms with E-state index in [1.54, 1.807) is 0 Å². The molecule has 10 fully saturated rings. The number of rotatable bonds is 20. The summed E-state index contributed by atoms with van der Waals surface area (Å²) < 4.78 is 72.5. The van der Waals surface area contributed by atoms with Crippen molar-refractivity contribution in [1.29, 1.82) is 0 Å². The van der Waals surface area contributed by atoms with Crippen LogP contribution in [0.2, 0.25) is 0 Å². The SMILES string of the molecule is CC(C)=CCC[C@](C)(O[C@@H]1O[C@H](CO[C@@H]2O[C@H](CO[C@@H]3OC[C@@H](O)[C@H](O)[C@H]3O)[C@@H](O)[C@H](O)[C@H]2O)[C@@H](O)[C@H](O)[C@H]1O)[C@H]1CC[C@]2(C)[C@@H]1[C@H](O)C[C@@H]1[C@@]3(C)CC[C@H](O[C@@H]4O[C@H](CO)[C@@H](O)[C@H](O)[C@H]4O[C@@H]4O[C@H](CO)[C@@H](O)[C@H](O)[C@H]4O[C@@H]4OC[C@@H](O)[C@H](O)[C@H]4O)C(C)(C)C3CC[C@]12C. The van der Waals surface area contributed by atoms with Gasteiger partial charge in [-0.25, -0.2) is 0 Å². The molecule has 6 aliphatic heterocycles. The summed E-state index contributed by atoms with van der Waals surface area (Å²) in [4.78, 5) is 0. The van der Waals surface area contributed by atoms with E-state index < -0.39 is 239 Å². The van der Waals surface area contributed by atoms with Gasteiger partial charge in [0.2, 0.25) is 0 Å². The molecule has 4 aliphatic carbocycles. The van der Waals surface area contributed by atoms with Crippen molar-refractivity contribution < 1.29 is 154 Å². The summed E-state index contributed by atoms with van der Waals surface area (Å²) >= 11 is 0. The van der Waals surface area contributed by atoms with Gasteiger partial charge < -0.3 is 154 Å². The van der Waals surface area contributed by atoms with Crippen LogP contribution in [0.3, 0.4) is 0 Å². The van der Waals surface area contributed by atoms with E-state index in [9.17, 15) is 97.0 Å². The number of ether oxygens (including phenoxy) is 12. The zero-order valence-corrected chi connectivity index (χ0v) is 55.2. The fourth-order valence-corrected chi connectivity index (χ4v) is 18.5. The second kappa shape index (κ2) is 29.7. The van der Waals surface area contributed by atoms with E-state index in [0.29, 0.717) is 44.9 Å². The molecule has 6 saturated heterocycles. The minimum Gasteiger partial charge on any atom is -0.394 e. The molecule has 0 bridgehead atoms. The van der Waals surface area contributed by atoms with E-state index in [1.165, 1.54) is 0 Å². The number of hydrogen-bond donors (Lipinski definition) is 19. The van der Waals surface area contributed by atoms with Crippen LogP contribution in [0.1, 0.15) is 113 Å². The van der Waals surface area contributed by atoms with Crippen molar-refractivity contribution in [3.8, 4) is 0 Å². The normalized spacial score (nSPS) is 53.2. The van der Waals surface area contributed by atoms with E-state index in [2.05, 4.69) is 40.7 Å². The Morgan fingerprint density at radius 3 is 1.48 bits per heavy atom. The third kappa shape index (κ3) is 14.1. The first-order chi connectivity index (χ1) is 44.6. The topological polar surface area (TPSA) is 495 Å². The fraction of sp³-hybridized carbons (Fsp3) is 0.969. The maximum absolute atomic E-state index is 13.0. The third-order valence-electron chi connectivity index (χ3n) is 24.3. The van der Waals surface area contributed by atoms with Crippen LogP contribution in [0.4, 0.5) is 0 Å². The molecule has 6 heterocycles. The zero-order valence-electron chi connectivity index (χ0n) is 55.2. The third-order valence-corrected chi connectivity index (χ3v) is 24.3. The van der Waals surface area contributed by atoms with Gasteiger partial charge in [0.1, 0.15) is 134 Å². The van der Waals surface area contributed by atoms with Crippen LogP contribution in [-0.2, 0) is 56.8 Å². The van der Waals surface area contributed by atoms with Gasteiger partial charge in [0.25, 0.3) is 0 Å². The van der Waals surface area contributed by atoms with Crippen molar-refractivity contribution in [2.24, 2.45) is 45.3 Å². The Bertz CT molecular complexity index is 2540. The second-order valence-electron chi connectivity index (χ2n) is 30.5. The highest BCUT2D eigenvalue weighted by Crippen LogP contribution is 2.76. The Hall–Kier alpha value is -1.50. The minimum absolute atomic E-state index is 0.0418. The highest BCUT2D eigenvalue weighted by atomic mass is 16.8. The summed E-state index contributed by atoms with van der Waals surface area (Å²) in [5.74, 6) is -0.795. The van der Waals surface area contributed by atoms with Gasteiger partial charge in [0, 0.05) is 0 Å². The van der Waals surface area contributed by atoms with Crippen molar-refractivity contribution in [2.75, 3.05) is 39.6 Å². The number of hydrogen-bond acceptors (Lipinski definition) is 31. The van der Waals surface area contributed by atoms with Crippen LogP contribution >= 0.6 is 0 Å². The Morgan fingerprint density at radius 2 is 0.926 bits per heavy atom. The lowest BCUT2D eigenvalue weighted by molar-refractivity contribution is -0.395. The first kappa shape index (κ1) is 76.1. The molecular weight excluding hydrogens is 1260 g/mol. The van der Waals surface area contributed by atoms with Crippen LogP contribution in [0, 0.1) is 45.3 Å². The molecule has 0 aromatic heterocycles. The zero-order chi connectivity index (χ0) is 69.5. The molecule has 31 nitrogen and oxygen atoms in total. The van der Waals surface area contributed by atoms with E-state index >= 15 is 0 Å². The Labute approximate surface area is 551 Å². The molecule has 95 heavy (non-hydrogen) atoms. The van der Waals surface area contributed by atoms with E-state index in [-0.39, 0.29) is 35.7 Å². The molecule has 10 rings (SSSR count). The summed E-state index contributed by atoms with van der Waals surface area (Å²) in [6.45, 7) is 13.3. The lowest BCUT2D eigenvalue weighted by Crippen LogP contribution is -2.68. The molecule has 0 radical (unpaired) electrons. The fourth-order valence-electron chi connectivity index (χ4n) is 18.5. The lowest BCUT2D eigenvalue weighted by atomic mass is 9.35. The average Bonchev–Trinajstić information content (AvgIpc) is 1.66. The van der Waals surface area contributed by atoms with E-state index in [1.807, 2.05) is 20.8 Å². The quantitative estimate of drug-likeness (QED) is 0.0400. The number of allylic oxidation sites excluding steroid dienone is 2. The summed E-state index contributed by atoms with van der Waals surface area (Å²) in [5, 5.41) is 208. The Kier molecular flexibility index (Phi) is 23.8. The van der Waals surface area contributed by atoms with Crippen LogP contribution in [0.25, 0.3) is 0 Å². The molecular formula is C64H108O31. The monoisotopic (exact) mass is 1370 g/mol. The molecule has 31 heteroatoms. The van der Waals surface area contributed by atoms with E-state index in [4.69, 9.17) is 56.8 Å². The van der Waals surface area contributed by atoms with Crippen molar-refractivity contribution >= 4 is 0 Å². The van der Waals surface area contributed by atoms with Gasteiger partial charge in [-0.05, 0) is 124 Å². The van der Waals surface area contributed by atoms with Crippen LogP contribution in [-0.4, -0.2) is 327 Å². The second-order valence-corrected chi connectivity index (χ2v) is 30.5. The maximum atomic E-state index is 13.0. The molecule has 550 valence electrons. The average molecular weight is 1370 g/mol. The van der Waals surface area contributed by atoms with Gasteiger partial charge in [-0.15, -0.1) is 0 Å². The smallest absolute Gasteiger partial charge is 0.187 e. The van der Waals surface area contributed by atoms with Crippen molar-refractivity contribution in [1.82, 2.24) is 0 Å². The summed E-state index contributed by atoms with van der Waals surface area (Å²) in [5.41, 5.74) is -2.07. The predicted molar refractivity (Wildman–Crippen MR) is 319 cm³/mol. The summed E-state index contributed by atoms with van der Waals surface area (Å²) in [7, 11) is 0. The number of fused-ring (bicyclic) bond motifs is 5. The lowest BCUT2D eigenvalue weighted by Gasteiger charge is -2.71. The first-order valence-electron chi connectivity index (χ1n) is 33.7. The van der Waals surface area contributed by atoms with Crippen LogP contribution < -0.4 is 0 Å². The highest BCUT2D eigenvalue weighted by molar-refractivity contribution is 5.21. The summed E-state index contributed by atoms with van der Waals surface area (Å²) in [6.07, 6.45) is -41.1.